The number of aromatic nitrogens is 3. The van der Waals surface area contributed by atoms with Crippen LogP contribution in [0.25, 0.3) is 77.9 Å². The molecule has 0 radical (unpaired) electrons. The molecule has 4 heteroatoms. The molecule has 0 saturated heterocycles. The molecule has 0 amide bonds. The quantitative estimate of drug-likeness (QED) is 0.189. The lowest BCUT2D eigenvalue weighted by Crippen LogP contribution is -2.59. The Morgan fingerprint density at radius 1 is 0.468 bits per heavy atom. The van der Waals surface area contributed by atoms with Crippen LogP contribution in [0.4, 0.5) is 0 Å². The maximum atomic E-state index is 5.30. The molecule has 47 heavy (non-hydrogen) atoms. The minimum Gasteiger partial charge on any atom is -0.310 e. The van der Waals surface area contributed by atoms with Gasteiger partial charge in [-0.2, -0.15) is 0 Å². The van der Waals surface area contributed by atoms with E-state index < -0.39 is 0 Å². The van der Waals surface area contributed by atoms with Crippen LogP contribution in [0.1, 0.15) is 0 Å². The van der Waals surface area contributed by atoms with Crippen LogP contribution < -0.4 is 16.4 Å². The van der Waals surface area contributed by atoms with E-state index in [4.69, 9.17) is 4.98 Å². The van der Waals surface area contributed by atoms with Crippen molar-refractivity contribution >= 4 is 55.8 Å². The first-order valence-electron chi connectivity index (χ1n) is 16.3. The molecule has 0 fully saturated rings. The van der Waals surface area contributed by atoms with Crippen molar-refractivity contribution in [2.75, 3.05) is 0 Å². The van der Waals surface area contributed by atoms with Crippen molar-refractivity contribution in [3.8, 4) is 45.1 Å². The van der Waals surface area contributed by atoms with Crippen LogP contribution in [0.15, 0.2) is 158 Å². The van der Waals surface area contributed by atoms with Crippen LogP contribution in [0, 0.1) is 0 Å². The molecule has 9 aromatic rings. The van der Waals surface area contributed by atoms with Crippen molar-refractivity contribution < 1.29 is 0 Å². The Labute approximate surface area is 272 Å². The Morgan fingerprint density at radius 2 is 1.11 bits per heavy atom. The molecule has 0 spiro atoms. The molecule has 0 unspecified atom stereocenters. The summed E-state index contributed by atoms with van der Waals surface area (Å²) in [6.45, 7) is 0.0565. The third kappa shape index (κ3) is 3.24. The molecule has 0 bridgehead atoms. The largest absolute Gasteiger partial charge is 0.310 e. The van der Waals surface area contributed by atoms with E-state index in [1.807, 2.05) is 0 Å². The molecule has 0 N–H and O–H groups in total. The van der Waals surface area contributed by atoms with E-state index in [1.54, 1.807) is 0 Å². The van der Waals surface area contributed by atoms with E-state index in [0.29, 0.717) is 0 Å². The van der Waals surface area contributed by atoms with Gasteiger partial charge in [0.2, 0.25) is 0 Å². The van der Waals surface area contributed by atoms with Gasteiger partial charge < -0.3 is 4.57 Å². The standard InChI is InChI=1S/C43H26BN3/c1-4-14-27(15-5-1)37-32-26-30-20-10-11-21-31(30)38-41(32)46(40(37)28-16-6-2-7-17-28)35-24-13-25-36-39(35)44(38)33-22-12-23-34-42(33)47(36)43(45-34)29-18-8-3-9-19-29/h1-26H. The molecule has 216 valence electrons. The topological polar surface area (TPSA) is 22.8 Å². The van der Waals surface area contributed by atoms with Crippen molar-refractivity contribution in [2.45, 2.75) is 0 Å². The Bertz CT molecular complexity index is 2720. The van der Waals surface area contributed by atoms with Crippen LogP contribution in [-0.2, 0) is 0 Å². The molecular weight excluding hydrogens is 569 g/mol. The number of para-hydroxylation sites is 1. The summed E-state index contributed by atoms with van der Waals surface area (Å²) in [5.41, 5.74) is 16.0. The van der Waals surface area contributed by atoms with Crippen LogP contribution in [0.2, 0.25) is 0 Å². The molecule has 0 saturated carbocycles. The van der Waals surface area contributed by atoms with Gasteiger partial charge in [0.25, 0.3) is 6.71 Å². The Hall–Kier alpha value is -6.13. The molecule has 2 aliphatic heterocycles. The van der Waals surface area contributed by atoms with E-state index in [1.165, 1.54) is 77.3 Å². The molecule has 7 aromatic carbocycles. The van der Waals surface area contributed by atoms with Crippen molar-refractivity contribution in [1.82, 2.24) is 14.1 Å². The van der Waals surface area contributed by atoms with Crippen molar-refractivity contribution in [3.05, 3.63) is 158 Å². The summed E-state index contributed by atoms with van der Waals surface area (Å²) in [4.78, 5) is 5.30. The SMILES string of the molecule is c1ccc(-c2c(-c3ccccc3)n3c4c(c5ccccc5cc24)B2c4c(cccc4-3)-n3c(-c4ccccc4)nc4cccc2c43)cc1. The van der Waals surface area contributed by atoms with E-state index in [9.17, 15) is 0 Å². The fourth-order valence-electron chi connectivity index (χ4n) is 8.53. The summed E-state index contributed by atoms with van der Waals surface area (Å²) in [5.74, 6) is 0.981. The molecule has 4 heterocycles. The molecule has 2 aromatic heterocycles. The fourth-order valence-corrected chi connectivity index (χ4v) is 8.53. The van der Waals surface area contributed by atoms with Gasteiger partial charge in [-0.05, 0) is 62.6 Å². The third-order valence-corrected chi connectivity index (χ3v) is 10.3. The molecule has 0 atom stereocenters. The average Bonchev–Trinajstić information content (AvgIpc) is 3.70. The minimum absolute atomic E-state index is 0.0565. The molecule has 2 aliphatic rings. The Balaban J connectivity index is 1.39. The highest BCUT2D eigenvalue weighted by Crippen LogP contribution is 2.45. The lowest BCUT2D eigenvalue weighted by atomic mass is 9.33. The average molecular weight is 596 g/mol. The monoisotopic (exact) mass is 595 g/mol. The van der Waals surface area contributed by atoms with Crippen LogP contribution >= 0.6 is 0 Å². The zero-order valence-electron chi connectivity index (χ0n) is 25.4. The number of rotatable bonds is 3. The van der Waals surface area contributed by atoms with Gasteiger partial charge in [-0.25, -0.2) is 4.98 Å². The summed E-state index contributed by atoms with van der Waals surface area (Å²) in [6.07, 6.45) is 0. The van der Waals surface area contributed by atoms with Gasteiger partial charge in [-0.1, -0.05) is 133 Å². The normalized spacial score (nSPS) is 12.6. The minimum atomic E-state index is 0.0565. The third-order valence-electron chi connectivity index (χ3n) is 10.3. The van der Waals surface area contributed by atoms with Gasteiger partial charge in [0.05, 0.1) is 22.2 Å². The van der Waals surface area contributed by atoms with E-state index in [0.717, 1.165) is 16.9 Å². The predicted octanol–water partition coefficient (Wildman–Crippen LogP) is 8.27. The van der Waals surface area contributed by atoms with Gasteiger partial charge in [0.1, 0.15) is 5.82 Å². The zero-order chi connectivity index (χ0) is 30.6. The first-order chi connectivity index (χ1) is 23.4. The summed E-state index contributed by atoms with van der Waals surface area (Å²) < 4.78 is 5.00. The summed E-state index contributed by atoms with van der Waals surface area (Å²) >= 11 is 0. The van der Waals surface area contributed by atoms with Crippen molar-refractivity contribution in [1.29, 1.82) is 0 Å². The number of benzene rings is 7. The van der Waals surface area contributed by atoms with Crippen LogP contribution in [-0.4, -0.2) is 20.8 Å². The first kappa shape index (κ1) is 25.1. The highest BCUT2D eigenvalue weighted by molar-refractivity contribution is 7.01. The second kappa shape index (κ2) is 9.21. The van der Waals surface area contributed by atoms with Gasteiger partial charge in [0.15, 0.2) is 0 Å². The van der Waals surface area contributed by atoms with Gasteiger partial charge in [0, 0.05) is 27.9 Å². The Morgan fingerprint density at radius 3 is 1.87 bits per heavy atom. The summed E-state index contributed by atoms with van der Waals surface area (Å²) in [7, 11) is 0. The molecule has 0 aliphatic carbocycles. The number of hydrogen-bond acceptors (Lipinski definition) is 1. The molecule has 11 rings (SSSR count). The zero-order valence-corrected chi connectivity index (χ0v) is 25.4. The Kier molecular flexibility index (Phi) is 4.92. The number of hydrogen-bond donors (Lipinski definition) is 0. The van der Waals surface area contributed by atoms with Gasteiger partial charge >= 0.3 is 0 Å². The van der Waals surface area contributed by atoms with E-state index >= 15 is 0 Å². The lowest BCUT2D eigenvalue weighted by molar-refractivity contribution is 1.09. The highest BCUT2D eigenvalue weighted by atomic mass is 15.1. The summed E-state index contributed by atoms with van der Waals surface area (Å²) in [5, 5.41) is 3.86. The lowest BCUT2D eigenvalue weighted by Gasteiger charge is -2.34. The fraction of sp³-hybridized carbons (Fsp3) is 0. The van der Waals surface area contributed by atoms with Crippen molar-refractivity contribution in [3.63, 3.8) is 0 Å². The van der Waals surface area contributed by atoms with Crippen molar-refractivity contribution in [2.24, 2.45) is 0 Å². The van der Waals surface area contributed by atoms with Gasteiger partial charge in [-0.15, -0.1) is 0 Å². The van der Waals surface area contributed by atoms with E-state index in [2.05, 4.69) is 167 Å². The molecule has 3 nitrogen and oxygen atoms in total. The highest BCUT2D eigenvalue weighted by Gasteiger charge is 2.42. The predicted molar refractivity (Wildman–Crippen MR) is 196 cm³/mol. The number of imidazole rings is 1. The summed E-state index contributed by atoms with van der Waals surface area (Å²) in [6, 6.07) is 57.4. The van der Waals surface area contributed by atoms with Crippen LogP contribution in [0.3, 0.4) is 0 Å². The molecular formula is C43H26BN3. The van der Waals surface area contributed by atoms with E-state index in [-0.39, 0.29) is 6.71 Å². The maximum Gasteiger partial charge on any atom is 0.253 e. The smallest absolute Gasteiger partial charge is 0.253 e. The second-order valence-corrected chi connectivity index (χ2v) is 12.7. The van der Waals surface area contributed by atoms with Crippen LogP contribution in [0.5, 0.6) is 0 Å². The van der Waals surface area contributed by atoms with Gasteiger partial charge in [-0.3, -0.25) is 4.57 Å². The maximum absolute atomic E-state index is 5.30. The second-order valence-electron chi connectivity index (χ2n) is 12.7. The number of nitrogens with zero attached hydrogens (tertiary/aromatic N) is 3. The number of fused-ring (bicyclic) bond motifs is 6. The first-order valence-corrected chi connectivity index (χ1v) is 16.3.